The average Bonchev–Trinajstić information content (AvgIpc) is 2.47. The second kappa shape index (κ2) is 4.85. The van der Waals surface area contributed by atoms with Gasteiger partial charge in [0.05, 0.1) is 10.7 Å². The number of carbonyl (C=O) groups excluding carboxylic acids is 1. The third-order valence-corrected chi connectivity index (χ3v) is 2.94. The number of primary amides is 1. The maximum atomic E-state index is 10.9. The van der Waals surface area contributed by atoms with Crippen LogP contribution in [-0.4, -0.2) is 12.5 Å². The molecule has 0 atom stereocenters. The van der Waals surface area contributed by atoms with E-state index in [1.165, 1.54) is 11.3 Å². The molecule has 78 valence electrons. The zero-order chi connectivity index (χ0) is 10.6. The van der Waals surface area contributed by atoms with E-state index in [1.807, 2.05) is 0 Å². The molecular formula is C9H15N3OS. The third-order valence-electron chi connectivity index (χ3n) is 1.81. The smallest absolute Gasteiger partial charge is 0.260 e. The monoisotopic (exact) mass is 213 g/mol. The Labute approximate surface area is 87.3 Å². The summed E-state index contributed by atoms with van der Waals surface area (Å²) in [7, 11) is 0. The van der Waals surface area contributed by atoms with Crippen molar-refractivity contribution < 1.29 is 4.79 Å². The number of rotatable bonds is 5. The molecule has 0 aliphatic heterocycles. The average molecular weight is 213 g/mol. The maximum Gasteiger partial charge on any atom is 0.260 e. The van der Waals surface area contributed by atoms with E-state index < -0.39 is 5.91 Å². The van der Waals surface area contributed by atoms with Crippen molar-refractivity contribution in [1.82, 2.24) is 0 Å². The van der Waals surface area contributed by atoms with E-state index in [4.69, 9.17) is 11.5 Å². The van der Waals surface area contributed by atoms with Crippen LogP contribution in [0.2, 0.25) is 0 Å². The Hall–Kier alpha value is -1.23. The molecule has 0 unspecified atom stereocenters. The number of carbonyl (C=O) groups is 1. The molecule has 1 rings (SSSR count). The molecule has 0 spiro atoms. The van der Waals surface area contributed by atoms with Crippen LogP contribution in [0.15, 0.2) is 6.07 Å². The van der Waals surface area contributed by atoms with Crippen LogP contribution in [0, 0.1) is 0 Å². The molecule has 0 saturated carbocycles. The van der Waals surface area contributed by atoms with E-state index in [1.54, 1.807) is 6.07 Å². The van der Waals surface area contributed by atoms with Crippen LogP contribution < -0.4 is 16.8 Å². The fourth-order valence-electron chi connectivity index (χ4n) is 1.07. The topological polar surface area (TPSA) is 81.1 Å². The summed E-state index contributed by atoms with van der Waals surface area (Å²) in [4.78, 5) is 11.3. The molecule has 0 fully saturated rings. The number of unbranched alkanes of at least 4 members (excludes halogenated alkanes) is 1. The van der Waals surface area contributed by atoms with Gasteiger partial charge < -0.3 is 16.8 Å². The second-order valence-electron chi connectivity index (χ2n) is 3.04. The van der Waals surface area contributed by atoms with Crippen LogP contribution in [0.3, 0.4) is 0 Å². The van der Waals surface area contributed by atoms with Crippen molar-refractivity contribution in [2.75, 3.05) is 17.6 Å². The van der Waals surface area contributed by atoms with Gasteiger partial charge in [-0.1, -0.05) is 13.3 Å². The van der Waals surface area contributed by atoms with Gasteiger partial charge in [-0.2, -0.15) is 0 Å². The van der Waals surface area contributed by atoms with Crippen molar-refractivity contribution in [1.29, 1.82) is 0 Å². The van der Waals surface area contributed by atoms with Crippen LogP contribution in [0.4, 0.5) is 10.7 Å². The summed E-state index contributed by atoms with van der Waals surface area (Å²) in [6, 6.07) is 1.75. The van der Waals surface area contributed by atoms with E-state index in [0.717, 1.165) is 24.4 Å². The van der Waals surface area contributed by atoms with Crippen molar-refractivity contribution >= 4 is 27.9 Å². The van der Waals surface area contributed by atoms with Crippen molar-refractivity contribution in [2.24, 2.45) is 5.73 Å². The Kier molecular flexibility index (Phi) is 3.76. The Morgan fingerprint density at radius 2 is 2.36 bits per heavy atom. The van der Waals surface area contributed by atoms with Crippen molar-refractivity contribution in [3.05, 3.63) is 10.9 Å². The molecule has 0 bridgehead atoms. The highest BCUT2D eigenvalue weighted by atomic mass is 32.1. The fourth-order valence-corrected chi connectivity index (χ4v) is 1.93. The summed E-state index contributed by atoms with van der Waals surface area (Å²) in [5.41, 5.74) is 11.2. The number of hydrogen-bond donors (Lipinski definition) is 3. The summed E-state index contributed by atoms with van der Waals surface area (Å²) >= 11 is 1.31. The first-order valence-electron chi connectivity index (χ1n) is 4.58. The van der Waals surface area contributed by atoms with Crippen molar-refractivity contribution in [2.45, 2.75) is 19.8 Å². The van der Waals surface area contributed by atoms with Gasteiger partial charge in [-0.25, -0.2) is 0 Å². The van der Waals surface area contributed by atoms with E-state index in [2.05, 4.69) is 12.2 Å². The predicted octanol–water partition coefficient (Wildman–Crippen LogP) is 1.64. The molecule has 4 nitrogen and oxygen atoms in total. The summed E-state index contributed by atoms with van der Waals surface area (Å²) in [6.45, 7) is 3.02. The normalized spacial score (nSPS) is 10.1. The number of hydrogen-bond acceptors (Lipinski definition) is 4. The summed E-state index contributed by atoms with van der Waals surface area (Å²) in [5.74, 6) is -0.462. The molecular weight excluding hydrogens is 198 g/mol. The Morgan fingerprint density at radius 1 is 1.64 bits per heavy atom. The van der Waals surface area contributed by atoms with E-state index in [-0.39, 0.29) is 0 Å². The van der Waals surface area contributed by atoms with Gasteiger partial charge in [0.15, 0.2) is 0 Å². The number of nitrogens with two attached hydrogens (primary N) is 2. The van der Waals surface area contributed by atoms with Crippen LogP contribution in [0.1, 0.15) is 29.4 Å². The molecule has 1 aromatic rings. The van der Waals surface area contributed by atoms with Gasteiger partial charge in [0.2, 0.25) is 0 Å². The lowest BCUT2D eigenvalue weighted by molar-refractivity contribution is 0.100. The number of amides is 1. The molecule has 0 aromatic carbocycles. The minimum atomic E-state index is -0.462. The molecule has 5 heteroatoms. The van der Waals surface area contributed by atoms with Gasteiger partial charge in [-0.05, 0) is 12.5 Å². The molecule has 0 saturated heterocycles. The lowest BCUT2D eigenvalue weighted by Crippen LogP contribution is -2.10. The molecule has 0 aliphatic rings. The van der Waals surface area contributed by atoms with E-state index in [0.29, 0.717) is 10.6 Å². The summed E-state index contributed by atoms with van der Waals surface area (Å²) < 4.78 is 0. The zero-order valence-electron chi connectivity index (χ0n) is 8.17. The lowest BCUT2D eigenvalue weighted by atomic mass is 10.3. The summed E-state index contributed by atoms with van der Waals surface area (Å²) in [5, 5.41) is 4.10. The second-order valence-corrected chi connectivity index (χ2v) is 4.09. The Bertz CT molecular complexity index is 322. The minimum Gasteiger partial charge on any atom is -0.397 e. The Balaban J connectivity index is 2.62. The van der Waals surface area contributed by atoms with Gasteiger partial charge in [0.1, 0.15) is 4.88 Å². The first-order chi connectivity index (χ1) is 6.65. The molecule has 1 amide bonds. The highest BCUT2D eigenvalue weighted by Crippen LogP contribution is 2.28. The van der Waals surface area contributed by atoms with Crippen LogP contribution in [-0.2, 0) is 0 Å². The lowest BCUT2D eigenvalue weighted by Gasteiger charge is -1.99. The first kappa shape index (κ1) is 10.8. The number of nitrogen functional groups attached to an aromatic ring is 1. The number of thiophene rings is 1. The van der Waals surface area contributed by atoms with Gasteiger partial charge in [-0.3, -0.25) is 4.79 Å². The van der Waals surface area contributed by atoms with Crippen molar-refractivity contribution in [3.63, 3.8) is 0 Å². The van der Waals surface area contributed by atoms with E-state index in [9.17, 15) is 4.79 Å². The molecule has 5 N–H and O–H groups in total. The highest BCUT2D eigenvalue weighted by molar-refractivity contribution is 7.18. The molecule has 14 heavy (non-hydrogen) atoms. The Morgan fingerprint density at radius 3 is 2.86 bits per heavy atom. The van der Waals surface area contributed by atoms with Gasteiger partial charge in [0.25, 0.3) is 5.91 Å². The van der Waals surface area contributed by atoms with Gasteiger partial charge in [-0.15, -0.1) is 11.3 Å². The minimum absolute atomic E-state index is 0.434. The van der Waals surface area contributed by atoms with Crippen LogP contribution in [0.25, 0.3) is 0 Å². The largest absolute Gasteiger partial charge is 0.397 e. The SMILES string of the molecule is CCCCNc1cc(N)c(C(N)=O)s1. The standard InChI is InChI=1S/C9H15N3OS/c1-2-3-4-12-7-5-6(10)8(14-7)9(11)13/h5,12H,2-4,10H2,1H3,(H2,11,13). The molecule has 1 aromatic heterocycles. The molecule has 1 heterocycles. The van der Waals surface area contributed by atoms with Gasteiger partial charge in [0, 0.05) is 6.54 Å². The zero-order valence-corrected chi connectivity index (χ0v) is 8.99. The van der Waals surface area contributed by atoms with Crippen LogP contribution in [0.5, 0.6) is 0 Å². The quantitative estimate of drug-likeness (QED) is 0.650. The van der Waals surface area contributed by atoms with Crippen LogP contribution >= 0.6 is 11.3 Å². The van der Waals surface area contributed by atoms with Crippen molar-refractivity contribution in [3.8, 4) is 0 Å². The molecule has 0 radical (unpaired) electrons. The number of anilines is 2. The maximum absolute atomic E-state index is 10.9. The first-order valence-corrected chi connectivity index (χ1v) is 5.39. The molecule has 0 aliphatic carbocycles. The highest BCUT2D eigenvalue weighted by Gasteiger charge is 2.10. The predicted molar refractivity (Wildman–Crippen MR) is 60.6 cm³/mol. The number of nitrogens with one attached hydrogen (secondary N) is 1. The van der Waals surface area contributed by atoms with E-state index >= 15 is 0 Å². The summed E-state index contributed by atoms with van der Waals surface area (Å²) in [6.07, 6.45) is 2.24. The fraction of sp³-hybridized carbons (Fsp3) is 0.444. The third kappa shape index (κ3) is 2.63. The van der Waals surface area contributed by atoms with Gasteiger partial charge >= 0.3 is 0 Å².